The number of thiophene rings is 1. The zero-order chi connectivity index (χ0) is 25.3. The Morgan fingerprint density at radius 3 is 2.23 bits per heavy atom. The summed E-state index contributed by atoms with van der Waals surface area (Å²) in [4.78, 5) is 1.98. The third-order valence-electron chi connectivity index (χ3n) is 6.22. The topological polar surface area (TPSA) is 81.1 Å². The van der Waals surface area contributed by atoms with Gasteiger partial charge in [0.2, 0.25) is 5.60 Å². The van der Waals surface area contributed by atoms with E-state index in [1.165, 1.54) is 16.4 Å². The zero-order valence-electron chi connectivity index (χ0n) is 18.6. The van der Waals surface area contributed by atoms with E-state index in [2.05, 4.69) is 0 Å². The smallest absolute Gasteiger partial charge is 0.393 e. The van der Waals surface area contributed by atoms with E-state index >= 15 is 0 Å². The van der Waals surface area contributed by atoms with Crippen molar-refractivity contribution in [3.8, 4) is 0 Å². The van der Waals surface area contributed by atoms with E-state index in [1.54, 1.807) is 17.5 Å². The molecule has 2 atom stereocenters. The summed E-state index contributed by atoms with van der Waals surface area (Å²) in [6.45, 7) is -0.729. The maximum atomic E-state index is 13.3. The second-order valence-electron chi connectivity index (χ2n) is 8.40. The van der Waals surface area contributed by atoms with Crippen molar-refractivity contribution in [1.82, 2.24) is 4.31 Å². The third kappa shape index (κ3) is 5.10. The van der Waals surface area contributed by atoms with Gasteiger partial charge in [-0.25, -0.2) is 8.42 Å². The van der Waals surface area contributed by atoms with Crippen molar-refractivity contribution in [2.75, 3.05) is 31.1 Å². The minimum Gasteiger partial charge on any atom is -0.393 e. The number of hydrogen-bond acceptors (Lipinski definition) is 6. The molecule has 1 fully saturated rings. The second kappa shape index (κ2) is 9.90. The van der Waals surface area contributed by atoms with Gasteiger partial charge in [0.05, 0.1) is 6.61 Å². The van der Waals surface area contributed by atoms with Gasteiger partial charge in [0.25, 0.3) is 10.0 Å². The second-order valence-corrected chi connectivity index (χ2v) is 11.5. The number of nitrogens with zero attached hydrogens (tertiary/aromatic N) is 2. The fourth-order valence-electron chi connectivity index (χ4n) is 4.26. The van der Waals surface area contributed by atoms with Crippen molar-refractivity contribution in [3.05, 3.63) is 83.2 Å². The normalized spacial score (nSPS) is 19.5. The highest BCUT2D eigenvalue weighted by atomic mass is 32.2. The Bertz CT molecular complexity index is 1220. The van der Waals surface area contributed by atoms with Gasteiger partial charge in [-0.3, -0.25) is 0 Å². The third-order valence-corrected chi connectivity index (χ3v) is 9.46. The van der Waals surface area contributed by atoms with Crippen LogP contribution in [0.1, 0.15) is 11.1 Å². The Morgan fingerprint density at radius 1 is 0.971 bits per heavy atom. The van der Waals surface area contributed by atoms with Gasteiger partial charge in [-0.15, -0.1) is 11.3 Å². The molecule has 3 aromatic rings. The quantitative estimate of drug-likeness (QED) is 0.492. The lowest BCUT2D eigenvalue weighted by Crippen LogP contribution is -2.55. The van der Waals surface area contributed by atoms with Crippen LogP contribution in [0.5, 0.6) is 0 Å². The standard InChI is InChI=1S/C24H25F3N2O4S2/c25-24(26,27)23(31,17-30)19-8-10-20(11-9-19)29-13-12-28(35(32,33)22-7-4-14-34-22)16-21(29)15-18-5-2-1-3-6-18/h1-11,14,21,30-31H,12-13,15-17H2/t21-,23-/m0/s1. The summed E-state index contributed by atoms with van der Waals surface area (Å²) in [6.07, 6.45) is -4.51. The molecule has 1 aromatic heterocycles. The highest BCUT2D eigenvalue weighted by Gasteiger charge is 2.54. The maximum absolute atomic E-state index is 13.3. The first-order valence-corrected chi connectivity index (χ1v) is 13.2. The van der Waals surface area contributed by atoms with E-state index in [0.717, 1.165) is 29.0 Å². The number of hydrogen-bond donors (Lipinski definition) is 2. The van der Waals surface area contributed by atoms with Crippen LogP contribution in [-0.2, 0) is 22.0 Å². The molecule has 2 N–H and O–H groups in total. The molecule has 0 amide bonds. The van der Waals surface area contributed by atoms with Crippen LogP contribution < -0.4 is 4.90 Å². The SMILES string of the molecule is O=S(=O)(c1cccs1)N1CCN(c2ccc([C@@](O)(CO)C(F)(F)F)cc2)[C@@H](Cc2ccccc2)C1. The number of piperazine rings is 1. The first kappa shape index (κ1) is 25.6. The van der Waals surface area contributed by atoms with E-state index in [4.69, 9.17) is 0 Å². The Balaban J connectivity index is 1.63. The number of aliphatic hydroxyl groups excluding tert-OH is 1. The van der Waals surface area contributed by atoms with Crippen molar-refractivity contribution >= 4 is 27.0 Å². The Morgan fingerprint density at radius 2 is 1.66 bits per heavy atom. The molecule has 0 bridgehead atoms. The average Bonchev–Trinajstić information content (AvgIpc) is 3.40. The molecular weight excluding hydrogens is 501 g/mol. The lowest BCUT2D eigenvalue weighted by molar-refractivity contribution is -0.277. The van der Waals surface area contributed by atoms with Gasteiger partial charge in [0.1, 0.15) is 4.21 Å². The number of alkyl halides is 3. The predicted octanol–water partition coefficient (Wildman–Crippen LogP) is 3.61. The minimum atomic E-state index is -5.04. The maximum Gasteiger partial charge on any atom is 0.423 e. The number of halogens is 3. The monoisotopic (exact) mass is 526 g/mol. The highest BCUT2D eigenvalue weighted by Crippen LogP contribution is 2.39. The summed E-state index contributed by atoms with van der Waals surface area (Å²) in [5, 5.41) is 21.0. The average molecular weight is 527 g/mol. The molecule has 0 unspecified atom stereocenters. The molecule has 6 nitrogen and oxygen atoms in total. The molecule has 2 heterocycles. The van der Waals surface area contributed by atoms with Crippen molar-refractivity contribution in [1.29, 1.82) is 0 Å². The largest absolute Gasteiger partial charge is 0.423 e. The molecule has 11 heteroatoms. The Kier molecular flexibility index (Phi) is 7.26. The first-order valence-electron chi connectivity index (χ1n) is 10.9. The van der Waals surface area contributed by atoms with Crippen LogP contribution in [0.15, 0.2) is 76.3 Å². The molecule has 0 spiro atoms. The molecule has 0 aliphatic carbocycles. The van der Waals surface area contributed by atoms with Crippen LogP contribution in [-0.4, -0.2) is 61.4 Å². The van der Waals surface area contributed by atoms with Crippen molar-refractivity contribution in [2.45, 2.75) is 28.4 Å². The number of benzene rings is 2. The number of anilines is 1. The highest BCUT2D eigenvalue weighted by molar-refractivity contribution is 7.91. The van der Waals surface area contributed by atoms with Crippen LogP contribution in [0.4, 0.5) is 18.9 Å². The van der Waals surface area contributed by atoms with Gasteiger partial charge in [-0.05, 0) is 41.1 Å². The van der Waals surface area contributed by atoms with Crippen LogP contribution in [0, 0.1) is 0 Å². The molecule has 0 saturated carbocycles. The molecule has 2 aromatic carbocycles. The lowest BCUT2D eigenvalue weighted by atomic mass is 9.93. The van der Waals surface area contributed by atoms with E-state index < -0.39 is 34.0 Å². The minimum absolute atomic E-state index is 0.208. The summed E-state index contributed by atoms with van der Waals surface area (Å²) in [5.74, 6) is 0. The van der Waals surface area contributed by atoms with Crippen LogP contribution in [0.2, 0.25) is 0 Å². The molecule has 35 heavy (non-hydrogen) atoms. The summed E-state index contributed by atoms with van der Waals surface area (Å²) in [5.41, 5.74) is -2.22. The van der Waals surface area contributed by atoms with Gasteiger partial charge >= 0.3 is 6.18 Å². The van der Waals surface area contributed by atoms with E-state index in [9.17, 15) is 31.8 Å². The van der Waals surface area contributed by atoms with E-state index in [1.807, 2.05) is 35.2 Å². The number of rotatable bonds is 7. The van der Waals surface area contributed by atoms with Crippen molar-refractivity contribution in [2.24, 2.45) is 0 Å². The Labute approximate surface area is 205 Å². The van der Waals surface area contributed by atoms with Gasteiger partial charge in [0.15, 0.2) is 0 Å². The first-order chi connectivity index (χ1) is 16.6. The van der Waals surface area contributed by atoms with Crippen LogP contribution >= 0.6 is 11.3 Å². The lowest BCUT2D eigenvalue weighted by Gasteiger charge is -2.42. The van der Waals surface area contributed by atoms with Crippen LogP contribution in [0.3, 0.4) is 0 Å². The van der Waals surface area contributed by atoms with E-state index in [-0.39, 0.29) is 23.3 Å². The molecule has 1 aliphatic heterocycles. The van der Waals surface area contributed by atoms with Crippen LogP contribution in [0.25, 0.3) is 0 Å². The summed E-state index contributed by atoms with van der Waals surface area (Å²) in [7, 11) is -3.66. The fourth-order valence-corrected chi connectivity index (χ4v) is 6.87. The van der Waals surface area contributed by atoms with Gasteiger partial charge in [-0.2, -0.15) is 17.5 Å². The molecule has 188 valence electrons. The van der Waals surface area contributed by atoms with Gasteiger partial charge in [0, 0.05) is 31.4 Å². The summed E-state index contributed by atoms with van der Waals surface area (Å²) in [6, 6.07) is 17.8. The Hall–Kier alpha value is -2.44. The van der Waals surface area contributed by atoms with Crippen molar-refractivity contribution < 1.29 is 31.8 Å². The van der Waals surface area contributed by atoms with Gasteiger partial charge in [-0.1, -0.05) is 48.5 Å². The molecule has 4 rings (SSSR count). The molecule has 0 radical (unpaired) electrons. The number of aliphatic hydroxyl groups is 2. The summed E-state index contributed by atoms with van der Waals surface area (Å²) >= 11 is 1.15. The van der Waals surface area contributed by atoms with Gasteiger partial charge < -0.3 is 15.1 Å². The number of sulfonamides is 1. The molecular formula is C24H25F3N2O4S2. The van der Waals surface area contributed by atoms with Crippen molar-refractivity contribution in [3.63, 3.8) is 0 Å². The zero-order valence-corrected chi connectivity index (χ0v) is 20.2. The predicted molar refractivity (Wildman–Crippen MR) is 128 cm³/mol. The molecule has 1 saturated heterocycles. The summed E-state index contributed by atoms with van der Waals surface area (Å²) < 4.78 is 68.0. The molecule has 1 aliphatic rings. The fraction of sp³-hybridized carbons (Fsp3) is 0.333. The van der Waals surface area contributed by atoms with E-state index in [0.29, 0.717) is 18.7 Å².